The van der Waals surface area contributed by atoms with Gasteiger partial charge in [0.1, 0.15) is 5.82 Å². The van der Waals surface area contributed by atoms with Gasteiger partial charge >= 0.3 is 0 Å². The number of benzene rings is 1. The number of rotatable bonds is 4. The van der Waals surface area contributed by atoms with Crippen LogP contribution in [-0.2, 0) is 0 Å². The molecule has 0 unspecified atom stereocenters. The molecule has 0 aliphatic heterocycles. The van der Waals surface area contributed by atoms with Gasteiger partial charge in [-0.1, -0.05) is 49.1 Å². The van der Waals surface area contributed by atoms with E-state index in [1.54, 1.807) is 35.2 Å². The molecule has 0 bridgehead atoms. The summed E-state index contributed by atoms with van der Waals surface area (Å²) in [5, 5.41) is 0. The van der Waals surface area contributed by atoms with Crippen molar-refractivity contribution in [2.24, 2.45) is 0 Å². The second-order valence-corrected chi connectivity index (χ2v) is 4.15. The minimum atomic E-state index is -0.0995. The van der Waals surface area contributed by atoms with E-state index in [1.165, 1.54) is 0 Å². The Bertz CT molecular complexity index is 663. The van der Waals surface area contributed by atoms with E-state index in [2.05, 4.69) is 11.6 Å². The number of allylic oxidation sites excluding steroid dienone is 5. The number of carbonyl (C=O) groups is 1. The maximum Gasteiger partial charge on any atom is 0.263 e. The van der Waals surface area contributed by atoms with Crippen molar-refractivity contribution in [1.29, 1.82) is 0 Å². The fraction of sp³-hybridized carbons (Fsp3) is 0.0588. The van der Waals surface area contributed by atoms with Gasteiger partial charge < -0.3 is 0 Å². The Morgan fingerprint density at radius 1 is 1.30 bits per heavy atom. The molecule has 0 saturated carbocycles. The molecule has 1 aromatic heterocycles. The summed E-state index contributed by atoms with van der Waals surface area (Å²) in [6.07, 6.45) is 10.6. The van der Waals surface area contributed by atoms with Gasteiger partial charge in [0.05, 0.1) is 0 Å². The molecule has 1 aromatic carbocycles. The first-order chi connectivity index (χ1) is 9.77. The van der Waals surface area contributed by atoms with Crippen molar-refractivity contribution in [1.82, 2.24) is 9.55 Å². The van der Waals surface area contributed by atoms with E-state index in [9.17, 15) is 4.79 Å². The monoisotopic (exact) mass is 264 g/mol. The molecule has 0 N–H and O–H groups in total. The summed E-state index contributed by atoms with van der Waals surface area (Å²) >= 11 is 0. The Morgan fingerprint density at radius 3 is 2.70 bits per heavy atom. The lowest BCUT2D eigenvalue weighted by molar-refractivity contribution is 0.0959. The standard InChI is InChI=1S/C17H16N2O/c1-3-8-14(9-4-2)16-18-12-13-19(16)17(20)15-10-6-5-7-11-15/h3-13H,1H2,2H3/b9-4-,14-8+. The highest BCUT2D eigenvalue weighted by Gasteiger charge is 2.14. The van der Waals surface area contributed by atoms with Crippen LogP contribution in [-0.4, -0.2) is 15.5 Å². The van der Waals surface area contributed by atoms with Crippen molar-refractivity contribution >= 4 is 11.5 Å². The largest absolute Gasteiger partial charge is 0.268 e. The lowest BCUT2D eigenvalue weighted by atomic mass is 10.2. The van der Waals surface area contributed by atoms with Gasteiger partial charge in [-0.15, -0.1) is 0 Å². The molecule has 20 heavy (non-hydrogen) atoms. The normalized spacial score (nSPS) is 11.8. The lowest BCUT2D eigenvalue weighted by Gasteiger charge is -2.07. The van der Waals surface area contributed by atoms with Gasteiger partial charge in [-0.25, -0.2) is 4.98 Å². The number of hydrogen-bond acceptors (Lipinski definition) is 2. The van der Waals surface area contributed by atoms with Crippen LogP contribution in [0, 0.1) is 0 Å². The van der Waals surface area contributed by atoms with Crippen molar-refractivity contribution in [2.45, 2.75) is 6.92 Å². The highest BCUT2D eigenvalue weighted by Crippen LogP contribution is 2.16. The van der Waals surface area contributed by atoms with E-state index in [0.29, 0.717) is 11.4 Å². The number of hydrogen-bond donors (Lipinski definition) is 0. The van der Waals surface area contributed by atoms with Crippen LogP contribution in [0.25, 0.3) is 5.57 Å². The molecule has 1 heterocycles. The Labute approximate surface area is 118 Å². The summed E-state index contributed by atoms with van der Waals surface area (Å²) in [4.78, 5) is 16.8. The van der Waals surface area contributed by atoms with Crippen molar-refractivity contribution in [3.05, 3.63) is 85.0 Å². The third-order valence-electron chi connectivity index (χ3n) is 2.78. The zero-order valence-corrected chi connectivity index (χ0v) is 11.4. The molecule has 3 nitrogen and oxygen atoms in total. The van der Waals surface area contributed by atoms with Gasteiger partial charge in [0, 0.05) is 23.5 Å². The molecular weight excluding hydrogens is 248 g/mol. The molecule has 100 valence electrons. The molecule has 0 aliphatic rings. The summed E-state index contributed by atoms with van der Waals surface area (Å²) < 4.78 is 1.55. The second-order valence-electron chi connectivity index (χ2n) is 4.15. The first-order valence-electron chi connectivity index (χ1n) is 6.36. The maximum absolute atomic E-state index is 12.5. The van der Waals surface area contributed by atoms with Crippen LogP contribution in [0.2, 0.25) is 0 Å². The topological polar surface area (TPSA) is 34.9 Å². The van der Waals surface area contributed by atoms with Crippen molar-refractivity contribution in [3.63, 3.8) is 0 Å². The molecule has 0 spiro atoms. The van der Waals surface area contributed by atoms with Gasteiger partial charge in [0.2, 0.25) is 0 Å². The van der Waals surface area contributed by atoms with E-state index in [1.807, 2.05) is 43.4 Å². The van der Waals surface area contributed by atoms with E-state index in [0.717, 1.165) is 5.57 Å². The summed E-state index contributed by atoms with van der Waals surface area (Å²) in [5.74, 6) is 0.509. The molecule has 0 atom stereocenters. The van der Waals surface area contributed by atoms with Crippen molar-refractivity contribution < 1.29 is 4.79 Å². The maximum atomic E-state index is 12.5. The molecule has 3 heteroatoms. The molecule has 0 fully saturated rings. The van der Waals surface area contributed by atoms with Crippen LogP contribution in [0.3, 0.4) is 0 Å². The second kappa shape index (κ2) is 6.48. The fourth-order valence-electron chi connectivity index (χ4n) is 1.91. The summed E-state index contributed by atoms with van der Waals surface area (Å²) in [6.45, 7) is 5.61. The zero-order valence-electron chi connectivity index (χ0n) is 11.4. The summed E-state index contributed by atoms with van der Waals surface area (Å²) in [7, 11) is 0. The van der Waals surface area contributed by atoms with Crippen LogP contribution in [0.4, 0.5) is 0 Å². The SMILES string of the molecule is C=C/C=C(\C=C/C)c1nccn1C(=O)c1ccccc1. The molecule has 0 aliphatic carbocycles. The van der Waals surface area contributed by atoms with E-state index < -0.39 is 0 Å². The predicted molar refractivity (Wildman–Crippen MR) is 81.4 cm³/mol. The average molecular weight is 264 g/mol. The molecule has 2 aromatic rings. The van der Waals surface area contributed by atoms with Crippen molar-refractivity contribution in [2.75, 3.05) is 0 Å². The lowest BCUT2D eigenvalue weighted by Crippen LogP contribution is -2.13. The highest BCUT2D eigenvalue weighted by molar-refractivity contribution is 5.97. The molecule has 2 rings (SSSR count). The smallest absolute Gasteiger partial charge is 0.263 e. The number of nitrogens with zero attached hydrogens (tertiary/aromatic N) is 2. The highest BCUT2D eigenvalue weighted by atomic mass is 16.2. The molecule has 0 radical (unpaired) electrons. The van der Waals surface area contributed by atoms with E-state index >= 15 is 0 Å². The number of imidazole rings is 1. The minimum Gasteiger partial charge on any atom is -0.268 e. The van der Waals surface area contributed by atoms with Gasteiger partial charge in [0.25, 0.3) is 5.91 Å². The number of aromatic nitrogens is 2. The number of carbonyl (C=O) groups excluding carboxylic acids is 1. The van der Waals surface area contributed by atoms with Gasteiger partial charge in [-0.3, -0.25) is 9.36 Å². The van der Waals surface area contributed by atoms with E-state index in [-0.39, 0.29) is 5.91 Å². The Hall–Kier alpha value is -2.68. The quantitative estimate of drug-likeness (QED) is 0.789. The first kappa shape index (κ1) is 13.7. The predicted octanol–water partition coefficient (Wildman–Crippen LogP) is 3.72. The van der Waals surface area contributed by atoms with Gasteiger partial charge in [0.15, 0.2) is 0 Å². The Balaban J connectivity index is 2.45. The fourth-order valence-corrected chi connectivity index (χ4v) is 1.91. The Kier molecular flexibility index (Phi) is 4.45. The summed E-state index contributed by atoms with van der Waals surface area (Å²) in [6, 6.07) is 9.15. The Morgan fingerprint density at radius 2 is 2.05 bits per heavy atom. The van der Waals surface area contributed by atoms with Crippen LogP contribution in [0.15, 0.2) is 73.6 Å². The third-order valence-corrected chi connectivity index (χ3v) is 2.78. The van der Waals surface area contributed by atoms with Gasteiger partial charge in [-0.2, -0.15) is 0 Å². The zero-order chi connectivity index (χ0) is 14.4. The van der Waals surface area contributed by atoms with Crippen LogP contribution in [0.5, 0.6) is 0 Å². The first-order valence-corrected chi connectivity index (χ1v) is 6.36. The van der Waals surface area contributed by atoms with Crippen molar-refractivity contribution in [3.8, 4) is 0 Å². The van der Waals surface area contributed by atoms with Crippen LogP contribution in [0.1, 0.15) is 23.1 Å². The molecular formula is C17H16N2O. The van der Waals surface area contributed by atoms with E-state index in [4.69, 9.17) is 0 Å². The minimum absolute atomic E-state index is 0.0995. The van der Waals surface area contributed by atoms with Gasteiger partial charge in [-0.05, 0) is 19.1 Å². The molecule has 0 saturated heterocycles. The average Bonchev–Trinajstić information content (AvgIpc) is 2.96. The molecule has 0 amide bonds. The van der Waals surface area contributed by atoms with Crippen LogP contribution >= 0.6 is 0 Å². The summed E-state index contributed by atoms with van der Waals surface area (Å²) in [5.41, 5.74) is 1.47. The van der Waals surface area contributed by atoms with Crippen LogP contribution < -0.4 is 0 Å². The third kappa shape index (κ3) is 2.83.